The fourth-order valence-electron chi connectivity index (χ4n) is 2.32. The molecule has 2 N–H and O–H groups in total. The summed E-state index contributed by atoms with van der Waals surface area (Å²) in [6.07, 6.45) is 2.84. The van der Waals surface area contributed by atoms with Crippen LogP contribution in [0.5, 0.6) is 0 Å². The van der Waals surface area contributed by atoms with Gasteiger partial charge in [-0.15, -0.1) is 0 Å². The highest BCUT2D eigenvalue weighted by Gasteiger charge is 2.20. The largest absolute Gasteiger partial charge is 0.468 e. The second kappa shape index (κ2) is 7.04. The Hall–Kier alpha value is -2.14. The zero-order valence-electron chi connectivity index (χ0n) is 12.3. The van der Waals surface area contributed by atoms with E-state index in [9.17, 15) is 9.59 Å². The van der Waals surface area contributed by atoms with Crippen LogP contribution in [0.1, 0.15) is 18.9 Å². The van der Waals surface area contributed by atoms with Gasteiger partial charge in [0.1, 0.15) is 11.8 Å². The van der Waals surface area contributed by atoms with Crippen LogP contribution in [-0.2, 0) is 20.7 Å². The molecular weight excluding hydrogens is 268 g/mol. The average molecular weight is 288 g/mol. The van der Waals surface area contributed by atoms with Gasteiger partial charge in [0.05, 0.1) is 7.11 Å². The van der Waals surface area contributed by atoms with Crippen LogP contribution in [0.3, 0.4) is 0 Å². The highest BCUT2D eigenvalue weighted by molar-refractivity contribution is 5.84. The molecule has 0 bridgehead atoms. The zero-order chi connectivity index (χ0) is 15.2. The Morgan fingerprint density at radius 1 is 1.33 bits per heavy atom. The summed E-state index contributed by atoms with van der Waals surface area (Å²) in [6.45, 7) is 2.01. The second-order valence-corrected chi connectivity index (χ2v) is 5.05. The Bertz CT molecular complexity index is 633. The van der Waals surface area contributed by atoms with Gasteiger partial charge in [0, 0.05) is 36.5 Å². The van der Waals surface area contributed by atoms with Crippen LogP contribution in [0.15, 0.2) is 30.5 Å². The summed E-state index contributed by atoms with van der Waals surface area (Å²) in [7, 11) is 1.37. The molecule has 5 nitrogen and oxygen atoms in total. The first kappa shape index (κ1) is 15.3. The molecular formula is C16H20N2O3. The van der Waals surface area contributed by atoms with E-state index in [1.807, 2.05) is 30.5 Å². The molecule has 1 atom stereocenters. The minimum atomic E-state index is -0.450. The lowest BCUT2D eigenvalue weighted by Gasteiger charge is -2.15. The molecule has 0 unspecified atom stereocenters. The summed E-state index contributed by atoms with van der Waals surface area (Å²) in [5.41, 5.74) is 2.09. The molecule has 5 heteroatoms. The maximum atomic E-state index is 11.9. The Morgan fingerprint density at radius 2 is 2.10 bits per heavy atom. The highest BCUT2D eigenvalue weighted by Crippen LogP contribution is 2.19. The van der Waals surface area contributed by atoms with E-state index in [0.29, 0.717) is 19.4 Å². The van der Waals surface area contributed by atoms with Gasteiger partial charge in [-0.25, -0.2) is 0 Å². The Balaban J connectivity index is 2.10. The number of rotatable bonds is 7. The summed E-state index contributed by atoms with van der Waals surface area (Å²) in [4.78, 5) is 26.1. The Kier molecular flexibility index (Phi) is 5.11. The molecule has 2 aromatic rings. The third-order valence-electron chi connectivity index (χ3n) is 3.45. The third-order valence-corrected chi connectivity index (χ3v) is 3.45. The summed E-state index contributed by atoms with van der Waals surface area (Å²) in [5.74, 6) is -0.220. The molecule has 0 amide bonds. The molecule has 1 aromatic heterocycles. The molecule has 0 saturated carbocycles. The van der Waals surface area contributed by atoms with E-state index in [1.165, 1.54) is 14.0 Å². The van der Waals surface area contributed by atoms with Crippen molar-refractivity contribution in [2.45, 2.75) is 25.8 Å². The number of methoxy groups -OCH3 is 1. The number of nitrogens with one attached hydrogen (secondary N) is 2. The number of carbonyl (C=O) groups is 2. The van der Waals surface area contributed by atoms with Crippen LogP contribution >= 0.6 is 0 Å². The van der Waals surface area contributed by atoms with E-state index in [2.05, 4.69) is 10.3 Å². The fourth-order valence-corrected chi connectivity index (χ4v) is 2.32. The first-order chi connectivity index (χ1) is 10.1. The summed E-state index contributed by atoms with van der Waals surface area (Å²) < 4.78 is 4.83. The van der Waals surface area contributed by atoms with Crippen molar-refractivity contribution in [1.29, 1.82) is 0 Å². The smallest absolute Gasteiger partial charge is 0.323 e. The van der Waals surface area contributed by atoms with E-state index in [0.717, 1.165) is 16.5 Å². The van der Waals surface area contributed by atoms with Crippen molar-refractivity contribution in [3.8, 4) is 0 Å². The lowest BCUT2D eigenvalue weighted by molar-refractivity contribution is -0.143. The molecule has 0 radical (unpaired) electrons. The molecule has 0 aliphatic carbocycles. The summed E-state index contributed by atoms with van der Waals surface area (Å²) in [6, 6.07) is 7.50. The van der Waals surface area contributed by atoms with E-state index in [4.69, 9.17) is 4.74 Å². The van der Waals surface area contributed by atoms with Crippen molar-refractivity contribution in [2.75, 3.05) is 13.7 Å². The van der Waals surface area contributed by atoms with E-state index >= 15 is 0 Å². The number of fused-ring (bicyclic) bond motifs is 1. The number of para-hydroxylation sites is 1. The van der Waals surface area contributed by atoms with Crippen molar-refractivity contribution in [3.05, 3.63) is 36.0 Å². The van der Waals surface area contributed by atoms with E-state index < -0.39 is 6.04 Å². The van der Waals surface area contributed by atoms with Crippen LogP contribution < -0.4 is 5.32 Å². The standard InChI is InChI=1S/C16H20N2O3/c1-11(19)7-8-17-15(16(20)21-2)9-12-10-18-14-6-4-3-5-13(12)14/h3-6,10,15,17-18H,7-9H2,1-2H3/t15-/m0/s1. The number of carbonyl (C=O) groups excluding carboxylic acids is 2. The molecule has 1 heterocycles. The van der Waals surface area contributed by atoms with E-state index in [1.54, 1.807) is 0 Å². The number of ketones is 1. The first-order valence-corrected chi connectivity index (χ1v) is 6.97. The van der Waals surface area contributed by atoms with Gasteiger partial charge in [0.2, 0.25) is 0 Å². The Labute approximate surface area is 123 Å². The maximum absolute atomic E-state index is 11.9. The number of ether oxygens (including phenoxy) is 1. The van der Waals surface area contributed by atoms with Crippen LogP contribution in [0.2, 0.25) is 0 Å². The Morgan fingerprint density at radius 3 is 2.81 bits per heavy atom. The van der Waals surface area contributed by atoms with Gasteiger partial charge >= 0.3 is 5.97 Å². The minimum Gasteiger partial charge on any atom is -0.468 e. The van der Waals surface area contributed by atoms with Crippen molar-refractivity contribution in [1.82, 2.24) is 10.3 Å². The van der Waals surface area contributed by atoms with Gasteiger partial charge in [0.15, 0.2) is 0 Å². The molecule has 0 aliphatic heterocycles. The summed E-state index contributed by atoms with van der Waals surface area (Å²) >= 11 is 0. The third kappa shape index (κ3) is 3.92. The highest BCUT2D eigenvalue weighted by atomic mass is 16.5. The SMILES string of the molecule is COC(=O)[C@H](Cc1c[nH]c2ccccc12)NCCC(C)=O. The number of benzene rings is 1. The molecule has 0 saturated heterocycles. The minimum absolute atomic E-state index is 0.0956. The number of aromatic amines is 1. The normalized spacial score (nSPS) is 12.3. The van der Waals surface area contributed by atoms with E-state index in [-0.39, 0.29) is 11.8 Å². The van der Waals surface area contributed by atoms with Crippen molar-refractivity contribution in [3.63, 3.8) is 0 Å². The molecule has 1 aromatic carbocycles. The lowest BCUT2D eigenvalue weighted by Crippen LogP contribution is -2.40. The molecule has 2 rings (SSSR count). The second-order valence-electron chi connectivity index (χ2n) is 5.05. The van der Waals surface area contributed by atoms with Crippen molar-refractivity contribution < 1.29 is 14.3 Å². The van der Waals surface area contributed by atoms with Gasteiger partial charge in [-0.3, -0.25) is 9.59 Å². The molecule has 0 fully saturated rings. The van der Waals surface area contributed by atoms with Crippen LogP contribution in [-0.4, -0.2) is 36.4 Å². The van der Waals surface area contributed by atoms with Crippen LogP contribution in [0.4, 0.5) is 0 Å². The molecule has 21 heavy (non-hydrogen) atoms. The van der Waals surface area contributed by atoms with Crippen LogP contribution in [0, 0.1) is 0 Å². The summed E-state index contributed by atoms with van der Waals surface area (Å²) in [5, 5.41) is 4.19. The van der Waals surface area contributed by atoms with Gasteiger partial charge in [-0.1, -0.05) is 18.2 Å². The van der Waals surface area contributed by atoms with Crippen molar-refractivity contribution >= 4 is 22.7 Å². The fraction of sp³-hybridized carbons (Fsp3) is 0.375. The van der Waals surface area contributed by atoms with Gasteiger partial charge in [-0.2, -0.15) is 0 Å². The zero-order valence-corrected chi connectivity index (χ0v) is 12.3. The van der Waals surface area contributed by atoms with Gasteiger partial charge in [-0.05, 0) is 18.6 Å². The maximum Gasteiger partial charge on any atom is 0.323 e. The monoisotopic (exact) mass is 288 g/mol. The number of hydrogen-bond acceptors (Lipinski definition) is 4. The average Bonchev–Trinajstić information content (AvgIpc) is 2.88. The van der Waals surface area contributed by atoms with Gasteiger partial charge < -0.3 is 15.0 Å². The number of H-pyrrole nitrogens is 1. The predicted octanol–water partition coefficient (Wildman–Crippen LogP) is 1.82. The van der Waals surface area contributed by atoms with Crippen LogP contribution in [0.25, 0.3) is 10.9 Å². The molecule has 112 valence electrons. The topological polar surface area (TPSA) is 71.2 Å². The first-order valence-electron chi connectivity index (χ1n) is 6.97. The number of Topliss-reactive ketones (excluding diaryl/α,β-unsaturated/α-hetero) is 1. The molecule has 0 aliphatic rings. The van der Waals surface area contributed by atoms with Crippen molar-refractivity contribution in [2.24, 2.45) is 0 Å². The van der Waals surface area contributed by atoms with Gasteiger partial charge in [0.25, 0.3) is 0 Å². The predicted molar refractivity (Wildman–Crippen MR) is 81.1 cm³/mol. The lowest BCUT2D eigenvalue weighted by atomic mass is 10.0. The quantitative estimate of drug-likeness (QED) is 0.762. The number of esters is 1. The molecule has 0 spiro atoms. The number of aromatic nitrogens is 1. The number of hydrogen-bond donors (Lipinski definition) is 2.